The Balaban J connectivity index is 1.37. The number of imidazole rings is 1. The Morgan fingerprint density at radius 1 is 1.07 bits per heavy atom. The number of hydrogen-bond donors (Lipinski definition) is 2. The summed E-state index contributed by atoms with van der Waals surface area (Å²) in [7, 11) is 0. The number of nitrogens with zero attached hydrogens (tertiary/aromatic N) is 5. The Bertz CT molecular complexity index is 1030. The van der Waals surface area contributed by atoms with Gasteiger partial charge in [0.05, 0.1) is 31.6 Å². The zero-order valence-electron chi connectivity index (χ0n) is 14.5. The predicted octanol–water partition coefficient (Wildman–Crippen LogP) is 1.40. The lowest BCUT2D eigenvalue weighted by molar-refractivity contribution is 0.0950. The summed E-state index contributed by atoms with van der Waals surface area (Å²) in [5.74, 6) is -0.151. The van der Waals surface area contributed by atoms with Crippen LogP contribution < -0.4 is 5.32 Å². The van der Waals surface area contributed by atoms with Crippen LogP contribution in [0.2, 0.25) is 0 Å². The van der Waals surface area contributed by atoms with E-state index in [1.165, 1.54) is 0 Å². The Hall–Kier alpha value is -3.52. The minimum atomic E-state index is -0.151. The molecule has 4 aromatic rings. The lowest BCUT2D eigenvalue weighted by Gasteiger charge is -2.05. The molecule has 1 amide bonds. The van der Waals surface area contributed by atoms with Gasteiger partial charge in [0, 0.05) is 18.0 Å². The van der Waals surface area contributed by atoms with Crippen LogP contribution in [0.4, 0.5) is 0 Å². The summed E-state index contributed by atoms with van der Waals surface area (Å²) >= 11 is 0. The van der Waals surface area contributed by atoms with Crippen LogP contribution in [-0.2, 0) is 19.7 Å². The Labute approximate surface area is 155 Å². The number of rotatable bonds is 6. The molecule has 0 atom stereocenters. The Morgan fingerprint density at radius 2 is 1.93 bits per heavy atom. The summed E-state index contributed by atoms with van der Waals surface area (Å²) in [4.78, 5) is 16.8. The molecule has 2 N–H and O–H groups in total. The van der Waals surface area contributed by atoms with Crippen LogP contribution in [0, 0.1) is 0 Å². The number of aromatic nitrogens is 5. The molecule has 0 aliphatic carbocycles. The number of aliphatic hydroxyl groups excluding tert-OH is 1. The van der Waals surface area contributed by atoms with Gasteiger partial charge < -0.3 is 14.8 Å². The molecule has 0 aliphatic rings. The molecular formula is C19H18N6O2. The fourth-order valence-electron chi connectivity index (χ4n) is 2.78. The molecule has 0 radical (unpaired) electrons. The van der Waals surface area contributed by atoms with Crippen LogP contribution in [0.3, 0.4) is 0 Å². The number of amides is 1. The van der Waals surface area contributed by atoms with Crippen LogP contribution in [0.1, 0.15) is 27.3 Å². The molecule has 8 heteroatoms. The topological polar surface area (TPSA) is 97.3 Å². The van der Waals surface area contributed by atoms with Crippen LogP contribution in [0.15, 0.2) is 61.1 Å². The van der Waals surface area contributed by atoms with Crippen LogP contribution >= 0.6 is 0 Å². The summed E-state index contributed by atoms with van der Waals surface area (Å²) in [6.45, 7) is 0.757. The van der Waals surface area contributed by atoms with E-state index in [4.69, 9.17) is 5.11 Å². The maximum atomic E-state index is 12.3. The van der Waals surface area contributed by atoms with Gasteiger partial charge in [0.1, 0.15) is 11.3 Å². The third-order valence-electron chi connectivity index (χ3n) is 4.15. The largest absolute Gasteiger partial charge is 0.390 e. The highest BCUT2D eigenvalue weighted by Gasteiger charge is 2.08. The second-order valence-electron chi connectivity index (χ2n) is 6.14. The Kier molecular flexibility index (Phi) is 4.63. The van der Waals surface area contributed by atoms with Crippen molar-refractivity contribution in [1.29, 1.82) is 0 Å². The molecule has 8 nitrogen and oxygen atoms in total. The first-order chi connectivity index (χ1) is 13.2. The zero-order chi connectivity index (χ0) is 18.6. The van der Waals surface area contributed by atoms with Gasteiger partial charge in [0.25, 0.3) is 5.91 Å². The fourth-order valence-corrected chi connectivity index (χ4v) is 2.78. The molecule has 0 saturated heterocycles. The Morgan fingerprint density at radius 3 is 2.67 bits per heavy atom. The average molecular weight is 362 g/mol. The van der Waals surface area contributed by atoms with Crippen molar-refractivity contribution in [3.05, 3.63) is 83.6 Å². The predicted molar refractivity (Wildman–Crippen MR) is 97.9 cm³/mol. The molecular weight excluding hydrogens is 344 g/mol. The lowest BCUT2D eigenvalue weighted by Crippen LogP contribution is -2.22. The second-order valence-corrected chi connectivity index (χ2v) is 6.14. The smallest absolute Gasteiger partial charge is 0.251 e. The standard InChI is InChI=1S/C19H18N6O2/c26-13-17-12-25(23-22-17)10-14-4-6-15(7-5-14)19(27)20-9-16-11-24-8-2-1-3-18(24)21-16/h1-8,11-12,26H,9-10,13H2,(H,20,27). The number of carbonyl (C=O) groups excluding carboxylic acids is 1. The lowest BCUT2D eigenvalue weighted by atomic mass is 10.1. The molecule has 0 unspecified atom stereocenters. The molecule has 3 aromatic heterocycles. The minimum Gasteiger partial charge on any atom is -0.390 e. The zero-order valence-corrected chi connectivity index (χ0v) is 14.5. The van der Waals surface area contributed by atoms with Crippen LogP contribution in [-0.4, -0.2) is 35.4 Å². The van der Waals surface area contributed by atoms with E-state index >= 15 is 0 Å². The molecule has 0 spiro atoms. The summed E-state index contributed by atoms with van der Waals surface area (Å²) in [5, 5.41) is 19.7. The van der Waals surface area contributed by atoms with Crippen molar-refractivity contribution in [2.75, 3.05) is 0 Å². The van der Waals surface area contributed by atoms with E-state index in [2.05, 4.69) is 20.6 Å². The third-order valence-corrected chi connectivity index (χ3v) is 4.15. The number of nitrogens with one attached hydrogen (secondary N) is 1. The van der Waals surface area contributed by atoms with Gasteiger partial charge in [-0.2, -0.15) is 0 Å². The number of fused-ring (bicyclic) bond motifs is 1. The second kappa shape index (κ2) is 7.38. The van der Waals surface area contributed by atoms with Crippen molar-refractivity contribution in [2.24, 2.45) is 0 Å². The van der Waals surface area contributed by atoms with Crippen molar-refractivity contribution < 1.29 is 9.90 Å². The van der Waals surface area contributed by atoms with Crippen molar-refractivity contribution in [3.8, 4) is 0 Å². The van der Waals surface area contributed by atoms with E-state index in [1.807, 2.05) is 47.1 Å². The quantitative estimate of drug-likeness (QED) is 0.540. The first kappa shape index (κ1) is 16.9. The highest BCUT2D eigenvalue weighted by Crippen LogP contribution is 2.08. The number of aliphatic hydroxyl groups is 1. The van der Waals surface area contributed by atoms with Crippen molar-refractivity contribution in [3.63, 3.8) is 0 Å². The fraction of sp³-hybridized carbons (Fsp3) is 0.158. The molecule has 27 heavy (non-hydrogen) atoms. The minimum absolute atomic E-state index is 0.134. The molecule has 136 valence electrons. The van der Waals surface area contributed by atoms with E-state index in [0.29, 0.717) is 24.3 Å². The highest BCUT2D eigenvalue weighted by atomic mass is 16.3. The summed E-state index contributed by atoms with van der Waals surface area (Å²) in [6, 6.07) is 13.1. The van der Waals surface area contributed by atoms with E-state index in [-0.39, 0.29) is 12.5 Å². The van der Waals surface area contributed by atoms with Crippen LogP contribution in [0.5, 0.6) is 0 Å². The maximum absolute atomic E-state index is 12.3. The van der Waals surface area contributed by atoms with E-state index in [0.717, 1.165) is 16.9 Å². The van der Waals surface area contributed by atoms with Gasteiger partial charge in [-0.1, -0.05) is 23.4 Å². The molecule has 4 rings (SSSR count). The van der Waals surface area contributed by atoms with Gasteiger partial charge in [0.2, 0.25) is 0 Å². The van der Waals surface area contributed by atoms with Gasteiger partial charge in [0.15, 0.2) is 0 Å². The SMILES string of the molecule is O=C(NCc1cn2ccccc2n1)c1ccc(Cn2cc(CO)nn2)cc1. The molecule has 0 saturated carbocycles. The van der Waals surface area contributed by atoms with Gasteiger partial charge in [-0.15, -0.1) is 5.10 Å². The van der Waals surface area contributed by atoms with E-state index in [1.54, 1.807) is 23.0 Å². The normalized spacial score (nSPS) is 11.0. The van der Waals surface area contributed by atoms with Crippen molar-refractivity contribution in [2.45, 2.75) is 19.7 Å². The van der Waals surface area contributed by atoms with E-state index in [9.17, 15) is 4.79 Å². The summed E-state index contributed by atoms with van der Waals surface area (Å²) < 4.78 is 3.56. The number of carbonyl (C=O) groups is 1. The third kappa shape index (κ3) is 3.85. The average Bonchev–Trinajstić information content (AvgIpc) is 3.32. The molecule has 3 heterocycles. The van der Waals surface area contributed by atoms with Gasteiger partial charge in [-0.25, -0.2) is 9.67 Å². The molecule has 0 aliphatic heterocycles. The molecule has 0 bridgehead atoms. The summed E-state index contributed by atoms with van der Waals surface area (Å²) in [5.41, 5.74) is 3.75. The first-order valence-corrected chi connectivity index (χ1v) is 8.51. The van der Waals surface area contributed by atoms with Crippen molar-refractivity contribution in [1.82, 2.24) is 29.7 Å². The molecule has 1 aromatic carbocycles. The monoisotopic (exact) mass is 362 g/mol. The van der Waals surface area contributed by atoms with Gasteiger partial charge in [-0.05, 0) is 29.8 Å². The summed E-state index contributed by atoms with van der Waals surface area (Å²) in [6.07, 6.45) is 5.51. The number of pyridine rings is 1. The number of benzene rings is 1. The van der Waals surface area contributed by atoms with Crippen molar-refractivity contribution >= 4 is 11.6 Å². The van der Waals surface area contributed by atoms with E-state index < -0.39 is 0 Å². The van der Waals surface area contributed by atoms with Gasteiger partial charge >= 0.3 is 0 Å². The van der Waals surface area contributed by atoms with Gasteiger partial charge in [-0.3, -0.25) is 4.79 Å². The molecule has 0 fully saturated rings. The number of hydrogen-bond acceptors (Lipinski definition) is 5. The maximum Gasteiger partial charge on any atom is 0.251 e. The van der Waals surface area contributed by atoms with Crippen LogP contribution in [0.25, 0.3) is 5.65 Å². The first-order valence-electron chi connectivity index (χ1n) is 8.51. The highest BCUT2D eigenvalue weighted by molar-refractivity contribution is 5.94.